The number of nitrogens with one attached hydrogen (secondary N) is 1. The molecule has 5 nitrogen and oxygen atoms in total. The van der Waals surface area contributed by atoms with E-state index in [1.807, 2.05) is 36.5 Å². The molecule has 1 N–H and O–H groups in total. The van der Waals surface area contributed by atoms with E-state index in [0.717, 1.165) is 45.9 Å². The van der Waals surface area contributed by atoms with Crippen LogP contribution in [0.2, 0.25) is 5.02 Å². The van der Waals surface area contributed by atoms with Gasteiger partial charge in [0.1, 0.15) is 0 Å². The van der Waals surface area contributed by atoms with Gasteiger partial charge in [0.2, 0.25) is 0 Å². The Hall–Kier alpha value is -2.41. The van der Waals surface area contributed by atoms with Crippen LogP contribution in [0.4, 0.5) is 0 Å². The Morgan fingerprint density at radius 2 is 1.94 bits per heavy atom. The number of hydrogen-bond acceptors (Lipinski definition) is 3. The van der Waals surface area contributed by atoms with Crippen LogP contribution >= 0.6 is 23.8 Å². The summed E-state index contributed by atoms with van der Waals surface area (Å²) in [5.41, 5.74) is 5.47. The molecule has 1 aliphatic heterocycles. The Labute approximate surface area is 194 Å². The van der Waals surface area contributed by atoms with E-state index in [0.29, 0.717) is 6.61 Å². The quantitative estimate of drug-likeness (QED) is 0.395. The van der Waals surface area contributed by atoms with E-state index in [2.05, 4.69) is 51.8 Å². The first kappa shape index (κ1) is 21.8. The molecular weight excluding hydrogens is 428 g/mol. The van der Waals surface area contributed by atoms with Gasteiger partial charge in [-0.15, -0.1) is 0 Å². The Morgan fingerprint density at radius 3 is 2.65 bits per heavy atom. The van der Waals surface area contributed by atoms with E-state index in [1.165, 1.54) is 5.56 Å². The number of aromatic nitrogens is 2. The molecule has 0 spiro atoms. The van der Waals surface area contributed by atoms with Gasteiger partial charge in [0.05, 0.1) is 28.5 Å². The highest BCUT2D eigenvalue weighted by molar-refractivity contribution is 7.80. The van der Waals surface area contributed by atoms with Crippen LogP contribution in [0.3, 0.4) is 0 Å². The summed E-state index contributed by atoms with van der Waals surface area (Å²) in [7, 11) is 1.73. The van der Waals surface area contributed by atoms with E-state index < -0.39 is 0 Å². The number of benzene rings is 1. The van der Waals surface area contributed by atoms with E-state index in [9.17, 15) is 0 Å². The first-order valence-corrected chi connectivity index (χ1v) is 11.2. The lowest BCUT2D eigenvalue weighted by Gasteiger charge is -2.28. The number of rotatable bonds is 7. The molecule has 2 atom stereocenters. The molecule has 0 unspecified atom stereocenters. The van der Waals surface area contributed by atoms with Gasteiger partial charge in [0.15, 0.2) is 5.11 Å². The molecule has 0 aliphatic carbocycles. The van der Waals surface area contributed by atoms with E-state index >= 15 is 0 Å². The Kier molecular flexibility index (Phi) is 6.60. The maximum atomic E-state index is 6.54. The summed E-state index contributed by atoms with van der Waals surface area (Å²) >= 11 is 12.3. The molecule has 0 saturated carbocycles. The standard InChI is InChI=1S/C24H27ClN4OS/c1-16-15-18(17(2)29(16)21-11-5-4-9-19(21)25)23-22(20-10-6-7-12-26-20)27-24(31)28(23)13-8-14-30-3/h4-7,9-12,15,22-23H,8,13-14H2,1-3H3,(H,27,31)/t22-,23+/m0/s1. The third kappa shape index (κ3) is 4.20. The molecule has 1 saturated heterocycles. The summed E-state index contributed by atoms with van der Waals surface area (Å²) < 4.78 is 7.51. The molecule has 4 rings (SSSR count). The van der Waals surface area contributed by atoms with Crippen molar-refractivity contribution in [3.05, 3.63) is 82.4 Å². The molecule has 3 heterocycles. The summed E-state index contributed by atoms with van der Waals surface area (Å²) in [6, 6.07) is 16.2. The number of methoxy groups -OCH3 is 1. The van der Waals surface area contributed by atoms with Crippen LogP contribution in [0.1, 0.15) is 41.1 Å². The predicted octanol–water partition coefficient (Wildman–Crippen LogP) is 5.15. The zero-order chi connectivity index (χ0) is 22.0. The normalized spacial score (nSPS) is 18.5. The van der Waals surface area contributed by atoms with Crippen LogP contribution in [0, 0.1) is 13.8 Å². The lowest BCUT2D eigenvalue weighted by atomic mass is 9.96. The zero-order valence-corrected chi connectivity index (χ0v) is 19.6. The maximum absolute atomic E-state index is 6.54. The molecule has 0 bridgehead atoms. The van der Waals surface area contributed by atoms with Crippen LogP contribution in [0.25, 0.3) is 5.69 Å². The lowest BCUT2D eigenvalue weighted by molar-refractivity contribution is 0.180. The van der Waals surface area contributed by atoms with Gasteiger partial charge in [-0.25, -0.2) is 0 Å². The minimum absolute atomic E-state index is 0.0293. The monoisotopic (exact) mass is 454 g/mol. The number of para-hydroxylation sites is 1. The van der Waals surface area contributed by atoms with Crippen molar-refractivity contribution in [2.75, 3.05) is 20.3 Å². The summed E-state index contributed by atoms with van der Waals surface area (Å²) in [5.74, 6) is 0. The molecule has 162 valence electrons. The number of ether oxygens (including phenoxy) is 1. The second-order valence-electron chi connectivity index (χ2n) is 7.78. The second-order valence-corrected chi connectivity index (χ2v) is 8.57. The van der Waals surface area contributed by atoms with Crippen molar-refractivity contribution in [1.82, 2.24) is 19.8 Å². The van der Waals surface area contributed by atoms with Gasteiger partial charge in [0, 0.05) is 37.8 Å². The average Bonchev–Trinajstić information content (AvgIpc) is 3.25. The first-order chi connectivity index (χ1) is 15.0. The van der Waals surface area contributed by atoms with Crippen molar-refractivity contribution in [3.8, 4) is 5.69 Å². The highest BCUT2D eigenvalue weighted by atomic mass is 35.5. The predicted molar refractivity (Wildman–Crippen MR) is 129 cm³/mol. The largest absolute Gasteiger partial charge is 0.385 e. The summed E-state index contributed by atoms with van der Waals surface area (Å²) in [6.07, 6.45) is 2.73. The highest BCUT2D eigenvalue weighted by Crippen LogP contribution is 2.41. The molecule has 2 aromatic heterocycles. The third-order valence-electron chi connectivity index (χ3n) is 5.83. The van der Waals surface area contributed by atoms with Gasteiger partial charge >= 0.3 is 0 Å². The van der Waals surface area contributed by atoms with Gasteiger partial charge < -0.3 is 19.5 Å². The number of thiocarbonyl (C=S) groups is 1. The minimum Gasteiger partial charge on any atom is -0.385 e. The average molecular weight is 455 g/mol. The number of aryl methyl sites for hydroxylation is 1. The van der Waals surface area contributed by atoms with Crippen molar-refractivity contribution >= 4 is 28.9 Å². The fourth-order valence-corrected chi connectivity index (χ4v) is 5.01. The molecule has 1 fully saturated rings. The topological polar surface area (TPSA) is 42.3 Å². The minimum atomic E-state index is -0.0311. The highest BCUT2D eigenvalue weighted by Gasteiger charge is 2.41. The molecule has 0 radical (unpaired) electrons. The van der Waals surface area contributed by atoms with Crippen molar-refractivity contribution in [2.45, 2.75) is 32.4 Å². The molecule has 31 heavy (non-hydrogen) atoms. The van der Waals surface area contributed by atoms with Gasteiger partial charge in [-0.2, -0.15) is 0 Å². The maximum Gasteiger partial charge on any atom is 0.170 e. The van der Waals surface area contributed by atoms with Crippen LogP contribution in [0.5, 0.6) is 0 Å². The Balaban J connectivity index is 1.80. The molecule has 1 aromatic carbocycles. The fourth-order valence-electron chi connectivity index (χ4n) is 4.45. The molecular formula is C24H27ClN4OS. The van der Waals surface area contributed by atoms with Crippen molar-refractivity contribution in [3.63, 3.8) is 0 Å². The van der Waals surface area contributed by atoms with Crippen molar-refractivity contribution in [2.24, 2.45) is 0 Å². The first-order valence-electron chi connectivity index (χ1n) is 10.4. The third-order valence-corrected chi connectivity index (χ3v) is 6.50. The second kappa shape index (κ2) is 9.39. The van der Waals surface area contributed by atoms with Crippen molar-refractivity contribution < 1.29 is 4.74 Å². The van der Waals surface area contributed by atoms with Crippen LogP contribution in [-0.4, -0.2) is 39.8 Å². The summed E-state index contributed by atoms with van der Waals surface area (Å²) in [6.45, 7) is 5.77. The zero-order valence-electron chi connectivity index (χ0n) is 18.0. The van der Waals surface area contributed by atoms with Gasteiger partial charge in [-0.05, 0) is 68.4 Å². The summed E-state index contributed by atoms with van der Waals surface area (Å²) in [5, 5.41) is 5.00. The van der Waals surface area contributed by atoms with Crippen LogP contribution in [-0.2, 0) is 4.74 Å². The van der Waals surface area contributed by atoms with Gasteiger partial charge in [-0.1, -0.05) is 29.8 Å². The SMILES string of the molecule is COCCCN1C(=S)N[C@@H](c2ccccn2)[C@H]1c1cc(C)n(-c2ccccc2Cl)c1C. The number of nitrogens with zero attached hydrogens (tertiary/aromatic N) is 3. The molecule has 0 amide bonds. The number of halogens is 1. The molecule has 7 heteroatoms. The van der Waals surface area contributed by atoms with Gasteiger partial charge in [0.25, 0.3) is 0 Å². The smallest absolute Gasteiger partial charge is 0.170 e. The van der Waals surface area contributed by atoms with Crippen LogP contribution < -0.4 is 5.32 Å². The van der Waals surface area contributed by atoms with E-state index in [1.54, 1.807) is 7.11 Å². The molecule has 3 aromatic rings. The van der Waals surface area contributed by atoms with E-state index in [4.69, 9.17) is 28.6 Å². The van der Waals surface area contributed by atoms with E-state index in [-0.39, 0.29) is 12.1 Å². The van der Waals surface area contributed by atoms with Gasteiger partial charge in [-0.3, -0.25) is 4.98 Å². The lowest BCUT2D eigenvalue weighted by Crippen LogP contribution is -2.31. The number of pyridine rings is 1. The number of hydrogen-bond donors (Lipinski definition) is 1. The molecule has 1 aliphatic rings. The Morgan fingerprint density at radius 1 is 1.16 bits per heavy atom. The Bertz CT molecular complexity index is 1070. The van der Waals surface area contributed by atoms with Crippen LogP contribution in [0.15, 0.2) is 54.7 Å². The summed E-state index contributed by atoms with van der Waals surface area (Å²) in [4.78, 5) is 6.90. The van der Waals surface area contributed by atoms with Crippen molar-refractivity contribution in [1.29, 1.82) is 0 Å². The fraction of sp³-hybridized carbons (Fsp3) is 0.333.